The van der Waals surface area contributed by atoms with E-state index in [1.807, 2.05) is 0 Å². The third-order valence-electron chi connectivity index (χ3n) is 3.35. The summed E-state index contributed by atoms with van der Waals surface area (Å²) in [6.07, 6.45) is 2.11. The number of esters is 1. The molecule has 0 bridgehead atoms. The smallest absolute Gasteiger partial charge is 0.310 e. The van der Waals surface area contributed by atoms with Crippen LogP contribution in [0.1, 0.15) is 12.8 Å². The Morgan fingerprint density at radius 3 is 3.07 bits per heavy atom. The second-order valence-corrected chi connectivity index (χ2v) is 4.50. The maximum absolute atomic E-state index is 11.3. The molecule has 2 aliphatic heterocycles. The molecule has 2 aliphatic rings. The van der Waals surface area contributed by atoms with E-state index in [1.54, 1.807) is 0 Å². The Labute approximate surface area is 90.5 Å². The number of hydrogen-bond acceptors (Lipinski definition) is 4. The van der Waals surface area contributed by atoms with E-state index in [9.17, 15) is 4.79 Å². The summed E-state index contributed by atoms with van der Waals surface area (Å²) in [4.78, 5) is 13.7. The van der Waals surface area contributed by atoms with Crippen molar-refractivity contribution < 1.29 is 14.3 Å². The van der Waals surface area contributed by atoms with Gasteiger partial charge in [-0.1, -0.05) is 0 Å². The van der Waals surface area contributed by atoms with Gasteiger partial charge in [0.05, 0.1) is 19.6 Å². The molecule has 0 aromatic rings. The van der Waals surface area contributed by atoms with Gasteiger partial charge >= 0.3 is 5.97 Å². The molecule has 0 spiro atoms. The monoisotopic (exact) mass is 213 g/mol. The topological polar surface area (TPSA) is 38.8 Å². The van der Waals surface area contributed by atoms with Crippen LogP contribution in [0.4, 0.5) is 0 Å². The molecule has 0 radical (unpaired) electrons. The van der Waals surface area contributed by atoms with Crippen LogP contribution in [0.25, 0.3) is 0 Å². The van der Waals surface area contributed by atoms with Crippen molar-refractivity contribution in [2.75, 3.05) is 40.0 Å². The van der Waals surface area contributed by atoms with Crippen LogP contribution in [-0.2, 0) is 14.3 Å². The zero-order chi connectivity index (χ0) is 10.7. The lowest BCUT2D eigenvalue weighted by Crippen LogP contribution is -2.29. The minimum Gasteiger partial charge on any atom is -0.469 e. The fourth-order valence-corrected chi connectivity index (χ4v) is 2.45. The van der Waals surface area contributed by atoms with Crippen LogP contribution < -0.4 is 0 Å². The number of rotatable bonds is 3. The minimum absolute atomic E-state index is 0.0554. The normalized spacial score (nSPS) is 32.1. The van der Waals surface area contributed by atoms with Gasteiger partial charge in [0.2, 0.25) is 0 Å². The Hall–Kier alpha value is -0.610. The van der Waals surface area contributed by atoms with E-state index in [0.717, 1.165) is 39.3 Å². The molecule has 4 nitrogen and oxygen atoms in total. The van der Waals surface area contributed by atoms with Gasteiger partial charge in [0.15, 0.2) is 0 Å². The maximum atomic E-state index is 11.3. The quantitative estimate of drug-likeness (QED) is 0.641. The average Bonchev–Trinajstić information content (AvgIpc) is 2.88. The Kier molecular flexibility index (Phi) is 3.59. The molecular weight excluding hydrogens is 194 g/mol. The van der Waals surface area contributed by atoms with Crippen LogP contribution >= 0.6 is 0 Å². The Morgan fingerprint density at radius 1 is 1.53 bits per heavy atom. The molecule has 0 saturated carbocycles. The predicted molar refractivity (Wildman–Crippen MR) is 55.5 cm³/mol. The lowest BCUT2D eigenvalue weighted by Gasteiger charge is -2.18. The molecule has 0 amide bonds. The van der Waals surface area contributed by atoms with Crippen LogP contribution in [0.3, 0.4) is 0 Å². The van der Waals surface area contributed by atoms with Gasteiger partial charge in [-0.05, 0) is 25.3 Å². The van der Waals surface area contributed by atoms with Gasteiger partial charge in [0.25, 0.3) is 0 Å². The van der Waals surface area contributed by atoms with Crippen molar-refractivity contribution in [2.24, 2.45) is 11.8 Å². The van der Waals surface area contributed by atoms with Crippen LogP contribution in [0, 0.1) is 11.8 Å². The van der Waals surface area contributed by atoms with E-state index >= 15 is 0 Å². The number of ether oxygens (including phenoxy) is 2. The molecule has 2 atom stereocenters. The van der Waals surface area contributed by atoms with Crippen molar-refractivity contribution in [3.8, 4) is 0 Å². The van der Waals surface area contributed by atoms with Crippen LogP contribution in [0.15, 0.2) is 0 Å². The number of likely N-dealkylation sites (tertiary alicyclic amines) is 1. The number of nitrogens with zero attached hydrogens (tertiary/aromatic N) is 1. The summed E-state index contributed by atoms with van der Waals surface area (Å²) in [7, 11) is 1.47. The van der Waals surface area contributed by atoms with E-state index in [4.69, 9.17) is 9.47 Å². The van der Waals surface area contributed by atoms with Crippen molar-refractivity contribution >= 4 is 5.97 Å². The number of carbonyl (C=O) groups is 1. The predicted octanol–water partition coefficient (Wildman–Crippen LogP) is 0.518. The summed E-state index contributed by atoms with van der Waals surface area (Å²) < 4.78 is 10.1. The zero-order valence-electron chi connectivity index (χ0n) is 9.28. The lowest BCUT2D eigenvalue weighted by molar-refractivity contribution is -0.144. The van der Waals surface area contributed by atoms with Gasteiger partial charge in [0.1, 0.15) is 0 Å². The molecule has 2 unspecified atom stereocenters. The summed E-state index contributed by atoms with van der Waals surface area (Å²) in [5.41, 5.74) is 0. The highest BCUT2D eigenvalue weighted by Crippen LogP contribution is 2.21. The highest BCUT2D eigenvalue weighted by Gasteiger charge is 2.30. The van der Waals surface area contributed by atoms with E-state index in [-0.39, 0.29) is 11.9 Å². The Morgan fingerprint density at radius 2 is 2.40 bits per heavy atom. The molecular formula is C11H19NO3. The van der Waals surface area contributed by atoms with E-state index in [0.29, 0.717) is 5.92 Å². The van der Waals surface area contributed by atoms with Crippen molar-refractivity contribution in [3.63, 3.8) is 0 Å². The molecule has 86 valence electrons. The summed E-state index contributed by atoms with van der Waals surface area (Å²) in [6, 6.07) is 0. The second-order valence-electron chi connectivity index (χ2n) is 4.50. The zero-order valence-corrected chi connectivity index (χ0v) is 9.28. The minimum atomic E-state index is -0.0554. The van der Waals surface area contributed by atoms with Crippen molar-refractivity contribution in [1.82, 2.24) is 4.90 Å². The van der Waals surface area contributed by atoms with Crippen LogP contribution in [0.2, 0.25) is 0 Å². The first-order valence-corrected chi connectivity index (χ1v) is 5.67. The molecule has 2 saturated heterocycles. The summed E-state index contributed by atoms with van der Waals surface area (Å²) in [5.74, 6) is 0.707. The van der Waals surface area contributed by atoms with Crippen molar-refractivity contribution in [2.45, 2.75) is 12.8 Å². The van der Waals surface area contributed by atoms with Crippen LogP contribution in [-0.4, -0.2) is 50.8 Å². The first-order chi connectivity index (χ1) is 7.29. The van der Waals surface area contributed by atoms with E-state index in [2.05, 4.69) is 4.90 Å². The highest BCUT2D eigenvalue weighted by atomic mass is 16.5. The van der Waals surface area contributed by atoms with Crippen molar-refractivity contribution in [3.05, 3.63) is 0 Å². The lowest BCUT2D eigenvalue weighted by atomic mass is 10.1. The largest absolute Gasteiger partial charge is 0.469 e. The van der Waals surface area contributed by atoms with Gasteiger partial charge in [-0.25, -0.2) is 0 Å². The Balaban J connectivity index is 1.74. The molecule has 2 fully saturated rings. The molecule has 2 rings (SSSR count). The third-order valence-corrected chi connectivity index (χ3v) is 3.35. The summed E-state index contributed by atoms with van der Waals surface area (Å²) >= 11 is 0. The third kappa shape index (κ3) is 2.69. The number of carbonyl (C=O) groups excluding carboxylic acids is 1. The van der Waals surface area contributed by atoms with E-state index in [1.165, 1.54) is 13.5 Å². The first kappa shape index (κ1) is 10.9. The SMILES string of the molecule is COC(=O)C1CCN(CC2CCOC2)C1. The molecule has 4 heteroatoms. The molecule has 0 aromatic carbocycles. The van der Waals surface area contributed by atoms with Crippen LogP contribution in [0.5, 0.6) is 0 Å². The number of hydrogen-bond donors (Lipinski definition) is 0. The summed E-state index contributed by atoms with van der Waals surface area (Å²) in [5, 5.41) is 0. The second kappa shape index (κ2) is 4.94. The average molecular weight is 213 g/mol. The fourth-order valence-electron chi connectivity index (χ4n) is 2.45. The van der Waals surface area contributed by atoms with Gasteiger partial charge < -0.3 is 14.4 Å². The fraction of sp³-hybridized carbons (Fsp3) is 0.909. The first-order valence-electron chi connectivity index (χ1n) is 5.67. The maximum Gasteiger partial charge on any atom is 0.310 e. The van der Waals surface area contributed by atoms with Gasteiger partial charge in [0, 0.05) is 19.7 Å². The van der Waals surface area contributed by atoms with Gasteiger partial charge in [-0.15, -0.1) is 0 Å². The Bertz CT molecular complexity index is 226. The summed E-state index contributed by atoms with van der Waals surface area (Å²) in [6.45, 7) is 4.76. The number of methoxy groups -OCH3 is 1. The van der Waals surface area contributed by atoms with Gasteiger partial charge in [-0.3, -0.25) is 4.79 Å². The molecule has 0 aliphatic carbocycles. The van der Waals surface area contributed by atoms with Crippen molar-refractivity contribution in [1.29, 1.82) is 0 Å². The standard InChI is InChI=1S/C11H19NO3/c1-14-11(13)10-2-4-12(7-10)6-9-3-5-15-8-9/h9-10H,2-8H2,1H3. The van der Waals surface area contributed by atoms with E-state index < -0.39 is 0 Å². The van der Waals surface area contributed by atoms with Gasteiger partial charge in [-0.2, -0.15) is 0 Å². The molecule has 0 N–H and O–H groups in total. The highest BCUT2D eigenvalue weighted by molar-refractivity contribution is 5.72. The molecule has 2 heterocycles. The molecule has 15 heavy (non-hydrogen) atoms. The molecule has 0 aromatic heterocycles.